The van der Waals surface area contributed by atoms with Crippen molar-refractivity contribution in [2.24, 2.45) is 56.8 Å². The van der Waals surface area contributed by atoms with Gasteiger partial charge in [0, 0.05) is 73.7 Å². The molecule has 3 saturated heterocycles. The number of carbonyl (C=O) groups is 14. The maximum absolute atomic E-state index is 15.3. The largest absolute Gasteiger partial charge is 0.391 e. The lowest BCUT2D eigenvalue weighted by molar-refractivity contribution is -0.148. The number of aliphatic imine (C=N–C) groups is 1. The molecule has 0 bridgehead atoms. The fourth-order valence-electron chi connectivity index (χ4n) is 15.6. The molecule has 14 amide bonds. The number of aromatic nitrogens is 2. The number of benzene rings is 2. The maximum Gasteiger partial charge on any atom is 0.246 e. The Hall–Kier alpha value is -10.9. The molecule has 30 N–H and O–H groups in total. The summed E-state index contributed by atoms with van der Waals surface area (Å²) in [4.78, 5) is 223. The molecule has 3 aliphatic rings. The minimum Gasteiger partial charge on any atom is -0.391 e. The Bertz CT molecular complexity index is 4230. The number of aliphatic hydroxyl groups is 1. The smallest absolute Gasteiger partial charge is 0.246 e. The van der Waals surface area contributed by atoms with Crippen LogP contribution < -0.4 is 104 Å². The van der Waals surface area contributed by atoms with Crippen molar-refractivity contribution < 1.29 is 72.2 Å². The summed E-state index contributed by atoms with van der Waals surface area (Å²) in [5.74, 6) is -12.3. The Morgan fingerprint density at radius 3 is 1.33 bits per heavy atom. The number of rotatable bonds is 29. The molecule has 0 aliphatic carbocycles. The normalized spacial score (nSPS) is 25.5. The number of likely N-dealkylation sites (N-methyl/N-ethyl adjacent to an activating group) is 1. The highest BCUT2D eigenvalue weighted by Crippen LogP contribution is 2.28. The number of nitrogens with zero attached hydrogens (tertiary/aromatic N) is 4. The maximum atomic E-state index is 15.3. The van der Waals surface area contributed by atoms with Gasteiger partial charge >= 0.3 is 0 Å². The lowest BCUT2D eigenvalue weighted by Gasteiger charge is -2.34. The van der Waals surface area contributed by atoms with Crippen LogP contribution in [0.1, 0.15) is 161 Å². The first-order chi connectivity index (χ1) is 58.4. The predicted molar refractivity (Wildman–Crippen MR) is 458 cm³/mol. The first-order valence-electron chi connectivity index (χ1n) is 42.6. The number of H-pyrrole nitrogens is 2. The van der Waals surface area contributed by atoms with Crippen molar-refractivity contribution in [1.82, 2.24) is 83.2 Å². The van der Waals surface area contributed by atoms with Crippen molar-refractivity contribution >= 4 is 110 Å². The third kappa shape index (κ3) is 28.3. The monoisotopic (exact) mass is 1710 g/mol. The predicted octanol–water partition coefficient (Wildman–Crippen LogP) is -4.48. The highest BCUT2D eigenvalue weighted by atomic mass is 16.3. The van der Waals surface area contributed by atoms with E-state index in [-0.39, 0.29) is 174 Å². The summed E-state index contributed by atoms with van der Waals surface area (Å²) >= 11 is 0. The number of nitrogens with one attached hydrogen (secondary N) is 13. The number of nitrogens with two attached hydrogens (primary N) is 8. The average Bonchev–Trinajstić information content (AvgIpc) is 1.60. The van der Waals surface area contributed by atoms with Gasteiger partial charge in [-0.25, -0.2) is 0 Å². The summed E-state index contributed by atoms with van der Waals surface area (Å²) in [5, 5.41) is 42.8. The van der Waals surface area contributed by atoms with Gasteiger partial charge < -0.3 is 134 Å². The number of unbranched alkanes of at least 4 members (excludes halogenated alkanes) is 2. The number of guanidine groups is 1. The van der Waals surface area contributed by atoms with Crippen LogP contribution in [0.4, 0.5) is 0 Å². The van der Waals surface area contributed by atoms with Gasteiger partial charge in [-0.2, -0.15) is 0 Å². The summed E-state index contributed by atoms with van der Waals surface area (Å²) in [5.41, 5.74) is 50.0. The van der Waals surface area contributed by atoms with Crippen LogP contribution in [0.2, 0.25) is 0 Å². The molecule has 4 aromatic rings. The van der Waals surface area contributed by atoms with Gasteiger partial charge in [-0.15, -0.1) is 0 Å². The first-order valence-corrected chi connectivity index (χ1v) is 42.6. The van der Waals surface area contributed by atoms with E-state index in [0.717, 1.165) is 4.90 Å². The Balaban J connectivity index is 1.30. The number of fused-ring (bicyclic) bond motifs is 4. The molecule has 40 nitrogen and oxygen atoms in total. The average molecular weight is 1710 g/mol. The Morgan fingerprint density at radius 2 is 0.820 bits per heavy atom. The third-order valence-electron chi connectivity index (χ3n) is 22.3. The van der Waals surface area contributed by atoms with E-state index in [1.165, 1.54) is 30.7 Å². The lowest BCUT2D eigenvalue weighted by Crippen LogP contribution is -2.62. The topological polar surface area (TPSA) is 653 Å². The number of aromatic amines is 2. The molecule has 15 atom stereocenters. The van der Waals surface area contributed by atoms with Gasteiger partial charge in [0.1, 0.15) is 84.6 Å². The van der Waals surface area contributed by atoms with Crippen molar-refractivity contribution in [2.75, 3.05) is 66.0 Å². The van der Waals surface area contributed by atoms with Crippen LogP contribution in [-0.2, 0) is 80.0 Å². The van der Waals surface area contributed by atoms with E-state index in [1.54, 1.807) is 74.8 Å². The van der Waals surface area contributed by atoms with Crippen LogP contribution in [0.25, 0.3) is 21.8 Å². The van der Waals surface area contributed by atoms with Crippen LogP contribution in [0.5, 0.6) is 0 Å². The number of para-hydroxylation sites is 2. The molecular weight excluding hydrogens is 1580 g/mol. The van der Waals surface area contributed by atoms with Gasteiger partial charge in [0.25, 0.3) is 0 Å². The highest BCUT2D eigenvalue weighted by molar-refractivity contribution is 6.02. The summed E-state index contributed by atoms with van der Waals surface area (Å²) < 4.78 is 0. The fourth-order valence-corrected chi connectivity index (χ4v) is 15.6. The van der Waals surface area contributed by atoms with E-state index >= 15 is 24.0 Å². The zero-order valence-electron chi connectivity index (χ0n) is 70.8. The molecule has 3 aliphatic heterocycles. The van der Waals surface area contributed by atoms with Crippen molar-refractivity contribution in [3.63, 3.8) is 0 Å². The van der Waals surface area contributed by atoms with Crippen molar-refractivity contribution in [3.05, 3.63) is 72.1 Å². The lowest BCUT2D eigenvalue weighted by atomic mass is 9.99. The van der Waals surface area contributed by atoms with Crippen LogP contribution in [0, 0.1) is 5.92 Å². The molecular formula is C82H131N25O15. The van der Waals surface area contributed by atoms with Gasteiger partial charge in [-0.05, 0) is 204 Å². The summed E-state index contributed by atoms with van der Waals surface area (Å²) in [7, 11) is 1.34. The number of hydrogen-bond acceptors (Lipinski definition) is 22. The van der Waals surface area contributed by atoms with E-state index in [2.05, 4.69) is 73.4 Å². The molecule has 0 unspecified atom stereocenters. The van der Waals surface area contributed by atoms with Crippen LogP contribution in [0.15, 0.2) is 65.9 Å². The number of carbonyl (C=O) groups excluding carboxylic acids is 14. The molecule has 2 aromatic heterocycles. The van der Waals surface area contributed by atoms with Gasteiger partial charge in [0.15, 0.2) is 5.96 Å². The molecule has 0 radical (unpaired) electrons. The van der Waals surface area contributed by atoms with Crippen LogP contribution in [0.3, 0.4) is 0 Å². The third-order valence-corrected chi connectivity index (χ3v) is 22.3. The standard InChI is InChI=1S/C82H131N25O15/c1-46(2)41-61-73(114)97-58(31-37-88)72(113)100-59(25-15-35-86)79(120)105(5)64(27-11-13-33-84)76(117)98-56(26-16-38-91-82(89)90)71(112)102-62(42-49-44-92-53-21-8-6-19-51(49)53)74(115)95-55(24-14-34-85)70(111)96-57(30-36-87)69(110)94-47(3)68(109)99-60(23-10-12-32-83)80(121)107-40-18-29-66(107)81(122)106-39-17-28-65(106)77(118)104-67(48(4)108)78(119)103-63(75(116)101-61)43-50-45-93-54-22-9-7-20-52(50)54/h6-9,19-22,44-48,55-67,92-93,108H,10-18,23-43,83-88H2,1-5H3,(H,94,110)(H,95,115)(H,96,111)(H,97,114)(H,98,117)(H,99,109)(H,100,113)(H,101,116)(H,102,112)(H,103,119)(H,104,118)(H4,89,90,91)/t47-,48+,55-,56-,57-,58-,59-,60-,61-,62-,63-,64+,65-,66+,67-/m0/s1. The quantitative estimate of drug-likeness (QED) is 0.0138. The fraction of sp³-hybridized carbons (Fsp3) is 0.622. The van der Waals surface area contributed by atoms with Gasteiger partial charge in [-0.3, -0.25) is 72.1 Å². The minimum absolute atomic E-state index is 0.0326. The van der Waals surface area contributed by atoms with E-state index in [4.69, 9.17) is 45.9 Å². The van der Waals surface area contributed by atoms with Gasteiger partial charge in [0.2, 0.25) is 82.7 Å². The van der Waals surface area contributed by atoms with Crippen LogP contribution in [-0.4, -0.2) is 275 Å². The number of hydrogen-bond donors (Lipinski definition) is 22. The second-order valence-electron chi connectivity index (χ2n) is 32.1. The summed E-state index contributed by atoms with van der Waals surface area (Å²) in [6.45, 7) is 6.40. The molecule has 2 aromatic carbocycles. The number of amides is 14. The van der Waals surface area contributed by atoms with Gasteiger partial charge in [0.05, 0.1) is 6.10 Å². The van der Waals surface area contributed by atoms with Crippen molar-refractivity contribution in [1.29, 1.82) is 0 Å². The molecule has 0 saturated carbocycles. The molecule has 3 fully saturated rings. The van der Waals surface area contributed by atoms with E-state index in [0.29, 0.717) is 65.0 Å². The van der Waals surface area contributed by atoms with Crippen molar-refractivity contribution in [2.45, 2.75) is 253 Å². The van der Waals surface area contributed by atoms with E-state index in [1.807, 2.05) is 0 Å². The van der Waals surface area contributed by atoms with E-state index < -0.39 is 173 Å². The minimum atomic E-state index is -1.76. The highest BCUT2D eigenvalue weighted by Gasteiger charge is 2.46. The Labute approximate surface area is 710 Å². The van der Waals surface area contributed by atoms with Crippen LogP contribution >= 0.6 is 0 Å². The molecule has 0 spiro atoms. The summed E-state index contributed by atoms with van der Waals surface area (Å²) in [6.07, 6.45) is 3.19. The SMILES string of the molecule is CC(C)C[C@@H]1NC(=O)[C@H](Cc2c[nH]c3ccccc23)NC(=O)[C@H]([C@@H](C)O)NC(=O)[C@@H]2CCCN2C(=O)[C@H]2CCCN2C(=O)[C@H](CCCCN)NC(=O)[C@H](C)NC(=O)[C@H](CCN)NC(=O)[C@H](CCCN)NC(=O)[C@H](Cc2c[nH]c3ccccc23)NC(=O)[C@H](CCCN=C(N)N)NC(=O)[C@@H](CCCCN)N(C)C(=O)[C@H](CCCN)NC(=O)[C@H](CCN)NC1=O. The second-order valence-corrected chi connectivity index (χ2v) is 32.1. The van der Waals surface area contributed by atoms with Gasteiger partial charge in [-0.1, -0.05) is 50.2 Å². The molecule has 7 rings (SSSR count). The zero-order valence-corrected chi connectivity index (χ0v) is 70.8. The Kier molecular flexibility index (Phi) is 39.6. The Morgan fingerprint density at radius 1 is 0.418 bits per heavy atom. The second kappa shape index (κ2) is 49.3. The number of aliphatic hydroxyl groups excluding tert-OH is 1. The molecule has 40 heteroatoms. The first kappa shape index (κ1) is 98.2. The molecule has 122 heavy (non-hydrogen) atoms. The van der Waals surface area contributed by atoms with Crippen molar-refractivity contribution in [3.8, 4) is 0 Å². The summed E-state index contributed by atoms with van der Waals surface area (Å²) in [6, 6.07) is -5.61. The van der Waals surface area contributed by atoms with E-state index in [9.17, 15) is 48.3 Å². The zero-order chi connectivity index (χ0) is 89.3. The molecule has 674 valence electrons. The molecule has 5 heterocycles.